The van der Waals surface area contributed by atoms with Crippen LogP contribution in [-0.2, 0) is 20.9 Å². The van der Waals surface area contributed by atoms with E-state index in [2.05, 4.69) is 5.32 Å². The number of nitrogens with one attached hydrogen (secondary N) is 1. The standard InChI is InChI=1S/C28H17Cl2F2N3O4S2/c29-18-10-7-16(11-19(18)30)33-20(36)12-34-27-24(41-28(34)39)21(13-1-3-14(31)4-2-13)22-23(40-27)26(38)35(25(22)37)17-8-5-15(32)6-9-17/h1-11,21-23H,12H2,(H,33,36). The Hall–Kier alpha value is -3.51. The number of anilines is 2. The van der Waals surface area contributed by atoms with E-state index >= 15 is 0 Å². The molecule has 7 nitrogen and oxygen atoms in total. The lowest BCUT2D eigenvalue weighted by molar-refractivity contribution is -0.122. The molecule has 0 radical (unpaired) electrons. The molecule has 3 unspecified atom stereocenters. The Balaban J connectivity index is 1.40. The van der Waals surface area contributed by atoms with E-state index in [4.69, 9.17) is 23.2 Å². The SMILES string of the molecule is O=C(Cn1c2c(sc1=O)C(c1ccc(F)cc1)C1C(=O)N(c3ccc(F)cc3)C(=O)C1S2)Nc1ccc(Cl)c(Cl)c1. The van der Waals surface area contributed by atoms with Gasteiger partial charge < -0.3 is 5.32 Å². The molecular formula is C28H17Cl2F2N3O4S2. The molecule has 0 spiro atoms. The van der Waals surface area contributed by atoms with Gasteiger partial charge in [-0.3, -0.25) is 23.7 Å². The van der Waals surface area contributed by atoms with Crippen molar-refractivity contribution in [2.24, 2.45) is 5.92 Å². The third-order valence-corrected chi connectivity index (χ3v) is 10.2. The number of carbonyl (C=O) groups excluding carboxylic acids is 3. The van der Waals surface area contributed by atoms with Crippen LogP contribution in [0, 0.1) is 17.6 Å². The first-order chi connectivity index (χ1) is 19.6. The second kappa shape index (κ2) is 10.7. The van der Waals surface area contributed by atoms with Crippen molar-refractivity contribution in [2.75, 3.05) is 10.2 Å². The van der Waals surface area contributed by atoms with Gasteiger partial charge in [0.1, 0.15) is 23.4 Å². The summed E-state index contributed by atoms with van der Waals surface area (Å²) in [6.45, 7) is -0.366. The summed E-state index contributed by atoms with van der Waals surface area (Å²) in [5.74, 6) is -4.23. The van der Waals surface area contributed by atoms with Gasteiger partial charge in [0.25, 0.3) is 0 Å². The van der Waals surface area contributed by atoms with Crippen LogP contribution in [0.5, 0.6) is 0 Å². The second-order valence-electron chi connectivity index (χ2n) is 9.38. The monoisotopic (exact) mass is 631 g/mol. The Morgan fingerprint density at radius 3 is 2.20 bits per heavy atom. The van der Waals surface area contributed by atoms with Gasteiger partial charge in [-0.25, -0.2) is 13.7 Å². The first-order valence-corrected chi connectivity index (χ1v) is 14.6. The summed E-state index contributed by atoms with van der Waals surface area (Å²) >= 11 is 13.9. The average molecular weight is 632 g/mol. The number of carbonyl (C=O) groups is 3. The number of thioether (sulfide) groups is 1. The number of benzene rings is 3. The highest BCUT2D eigenvalue weighted by atomic mass is 35.5. The molecule has 1 fully saturated rings. The quantitative estimate of drug-likeness (QED) is 0.276. The van der Waals surface area contributed by atoms with Gasteiger partial charge in [0.05, 0.1) is 26.7 Å². The van der Waals surface area contributed by atoms with E-state index in [9.17, 15) is 28.0 Å². The minimum atomic E-state index is -0.937. The topological polar surface area (TPSA) is 88.5 Å². The van der Waals surface area contributed by atoms with Crippen LogP contribution in [0.1, 0.15) is 16.4 Å². The van der Waals surface area contributed by atoms with Crippen molar-refractivity contribution in [1.82, 2.24) is 4.57 Å². The maximum atomic E-state index is 13.8. The molecule has 0 bridgehead atoms. The highest BCUT2D eigenvalue weighted by molar-refractivity contribution is 8.00. The predicted molar refractivity (Wildman–Crippen MR) is 154 cm³/mol. The molecule has 3 atom stereocenters. The second-order valence-corrected chi connectivity index (χ2v) is 12.3. The highest BCUT2D eigenvalue weighted by Gasteiger charge is 2.56. The van der Waals surface area contributed by atoms with Gasteiger partial charge in [0.15, 0.2) is 0 Å². The van der Waals surface area contributed by atoms with Gasteiger partial charge in [-0.05, 0) is 60.2 Å². The number of rotatable bonds is 5. The Labute approximate surface area is 249 Å². The van der Waals surface area contributed by atoms with Crippen molar-refractivity contribution in [1.29, 1.82) is 0 Å². The van der Waals surface area contributed by atoms with Crippen LogP contribution in [0.3, 0.4) is 0 Å². The Bertz CT molecular complexity index is 1780. The lowest BCUT2D eigenvalue weighted by atomic mass is 9.83. The molecule has 1 aromatic heterocycles. The van der Waals surface area contributed by atoms with E-state index in [1.165, 1.54) is 53.1 Å². The molecule has 0 aliphatic carbocycles. The highest BCUT2D eigenvalue weighted by Crippen LogP contribution is 2.53. The third-order valence-electron chi connectivity index (χ3n) is 6.87. The van der Waals surface area contributed by atoms with Crippen molar-refractivity contribution in [3.8, 4) is 0 Å². The fraction of sp³-hybridized carbons (Fsp3) is 0.143. The molecule has 6 rings (SSSR count). The minimum absolute atomic E-state index is 0.219. The molecular weight excluding hydrogens is 615 g/mol. The first kappa shape index (κ1) is 27.6. The van der Waals surface area contributed by atoms with Crippen LogP contribution in [-0.4, -0.2) is 27.5 Å². The lowest BCUT2D eigenvalue weighted by Crippen LogP contribution is -2.33. The van der Waals surface area contributed by atoms with Gasteiger partial charge in [0.2, 0.25) is 17.7 Å². The number of halogens is 4. The van der Waals surface area contributed by atoms with Crippen LogP contribution in [0.25, 0.3) is 0 Å². The van der Waals surface area contributed by atoms with Crippen LogP contribution < -0.4 is 15.1 Å². The number of hydrogen-bond donors (Lipinski definition) is 1. The summed E-state index contributed by atoms with van der Waals surface area (Å²) in [4.78, 5) is 54.7. The largest absolute Gasteiger partial charge is 0.324 e. The van der Waals surface area contributed by atoms with Gasteiger partial charge in [0, 0.05) is 16.5 Å². The number of amides is 3. The van der Waals surface area contributed by atoms with Gasteiger partial charge >= 0.3 is 4.87 Å². The summed E-state index contributed by atoms with van der Waals surface area (Å²) in [7, 11) is 0. The lowest BCUT2D eigenvalue weighted by Gasteiger charge is -2.30. The minimum Gasteiger partial charge on any atom is -0.324 e. The van der Waals surface area contributed by atoms with Crippen molar-refractivity contribution >= 4 is 75.4 Å². The summed E-state index contributed by atoms with van der Waals surface area (Å²) in [5.41, 5.74) is 1.14. The molecule has 1 N–H and O–H groups in total. The fourth-order valence-electron chi connectivity index (χ4n) is 5.05. The molecule has 41 heavy (non-hydrogen) atoms. The van der Waals surface area contributed by atoms with Crippen LogP contribution in [0.2, 0.25) is 10.0 Å². The number of fused-ring (bicyclic) bond motifs is 2. The molecule has 2 aliphatic heterocycles. The Morgan fingerprint density at radius 1 is 0.878 bits per heavy atom. The smallest absolute Gasteiger partial charge is 0.308 e. The van der Waals surface area contributed by atoms with E-state index in [1.807, 2.05) is 0 Å². The molecule has 208 valence electrons. The third kappa shape index (κ3) is 4.97. The van der Waals surface area contributed by atoms with Crippen molar-refractivity contribution in [2.45, 2.75) is 22.7 Å². The van der Waals surface area contributed by atoms with Gasteiger partial charge in [-0.2, -0.15) is 0 Å². The van der Waals surface area contributed by atoms with Crippen molar-refractivity contribution in [3.05, 3.63) is 109 Å². The van der Waals surface area contributed by atoms with E-state index in [0.29, 0.717) is 26.2 Å². The maximum absolute atomic E-state index is 13.8. The summed E-state index contributed by atoms with van der Waals surface area (Å²) in [6, 6.07) is 15.1. The summed E-state index contributed by atoms with van der Waals surface area (Å²) in [5, 5.41) is 2.68. The Kier molecular flexibility index (Phi) is 7.23. The van der Waals surface area contributed by atoms with Crippen LogP contribution in [0.4, 0.5) is 20.2 Å². The normalized spacial score (nSPS) is 19.7. The van der Waals surface area contributed by atoms with Crippen molar-refractivity contribution < 1.29 is 23.2 Å². The average Bonchev–Trinajstić information content (AvgIpc) is 3.38. The first-order valence-electron chi connectivity index (χ1n) is 12.2. The molecule has 2 aliphatic rings. The van der Waals surface area contributed by atoms with E-state index in [-0.39, 0.29) is 17.3 Å². The molecule has 4 aromatic rings. The summed E-state index contributed by atoms with van der Waals surface area (Å²) in [6.07, 6.45) is 0. The predicted octanol–water partition coefficient (Wildman–Crippen LogP) is 5.93. The molecule has 0 saturated carbocycles. The maximum Gasteiger partial charge on any atom is 0.308 e. The van der Waals surface area contributed by atoms with Crippen LogP contribution >= 0.6 is 46.3 Å². The number of imide groups is 1. The zero-order valence-electron chi connectivity index (χ0n) is 20.6. The van der Waals surface area contributed by atoms with E-state index in [0.717, 1.165) is 40.1 Å². The van der Waals surface area contributed by atoms with Crippen molar-refractivity contribution in [3.63, 3.8) is 0 Å². The molecule has 1 saturated heterocycles. The van der Waals surface area contributed by atoms with Gasteiger partial charge in [-0.15, -0.1) is 0 Å². The van der Waals surface area contributed by atoms with E-state index < -0.39 is 51.3 Å². The molecule has 13 heteroatoms. The summed E-state index contributed by atoms with van der Waals surface area (Å²) < 4.78 is 28.7. The molecule has 3 aromatic carbocycles. The molecule has 3 amide bonds. The molecule has 3 heterocycles. The number of hydrogen-bond acceptors (Lipinski definition) is 6. The zero-order valence-corrected chi connectivity index (χ0v) is 23.8. The number of aromatic nitrogens is 1. The van der Waals surface area contributed by atoms with Gasteiger partial charge in [-0.1, -0.05) is 58.4 Å². The number of thiazole rings is 1. The van der Waals surface area contributed by atoms with E-state index in [1.54, 1.807) is 6.07 Å². The zero-order chi connectivity index (χ0) is 29.0. The Morgan fingerprint density at radius 2 is 1.54 bits per heavy atom. The number of nitrogens with zero attached hydrogens (tertiary/aromatic N) is 2. The van der Waals surface area contributed by atoms with Crippen LogP contribution in [0.15, 0.2) is 76.6 Å². The fourth-order valence-corrected chi connectivity index (χ4v) is 8.12.